The fourth-order valence-corrected chi connectivity index (χ4v) is 3.41. The summed E-state index contributed by atoms with van der Waals surface area (Å²) in [4.78, 5) is 0. The van der Waals surface area contributed by atoms with E-state index in [1.165, 1.54) is 28.8 Å². The largest absolute Gasteiger partial charge is 0.493 e. The summed E-state index contributed by atoms with van der Waals surface area (Å²) in [6, 6.07) is 15.4. The molecule has 2 aliphatic rings. The lowest BCUT2D eigenvalue weighted by molar-refractivity contribution is 0.357. The van der Waals surface area contributed by atoms with E-state index in [1.54, 1.807) is 0 Å². The number of fused-ring (bicyclic) bond motifs is 2. The molecule has 0 saturated carbocycles. The Morgan fingerprint density at radius 3 is 3.10 bits per heavy atom. The molecule has 0 fully saturated rings. The molecule has 4 rings (SSSR count). The van der Waals surface area contributed by atoms with E-state index < -0.39 is 0 Å². The van der Waals surface area contributed by atoms with E-state index in [0.29, 0.717) is 5.92 Å². The maximum atomic E-state index is 5.59. The van der Waals surface area contributed by atoms with Gasteiger partial charge in [-0.1, -0.05) is 30.3 Å². The summed E-state index contributed by atoms with van der Waals surface area (Å²) < 4.78 is 5.59. The van der Waals surface area contributed by atoms with Gasteiger partial charge >= 0.3 is 0 Å². The Morgan fingerprint density at radius 1 is 1.15 bits per heavy atom. The Labute approximate surface area is 119 Å². The monoisotopic (exact) mass is 265 g/mol. The van der Waals surface area contributed by atoms with Crippen molar-refractivity contribution in [3.63, 3.8) is 0 Å². The van der Waals surface area contributed by atoms with Crippen LogP contribution in [0.25, 0.3) is 0 Å². The molecule has 2 aliphatic heterocycles. The third-order valence-electron chi connectivity index (χ3n) is 4.44. The molecule has 0 amide bonds. The Morgan fingerprint density at radius 2 is 2.10 bits per heavy atom. The number of anilines is 1. The topological polar surface area (TPSA) is 21.3 Å². The standard InChI is InChI=1S/C18H19NO/c1-2-4-17-16(3-1)14(7-9-19-17)11-13-5-6-18-15(12-13)8-10-20-18/h1-6,12,14,19H,7-11H2. The smallest absolute Gasteiger partial charge is 0.122 e. The molecule has 2 aromatic rings. The molecule has 0 spiro atoms. The highest BCUT2D eigenvalue weighted by Crippen LogP contribution is 2.35. The van der Waals surface area contributed by atoms with Crippen LogP contribution in [0.4, 0.5) is 5.69 Å². The number of hydrogen-bond acceptors (Lipinski definition) is 2. The minimum atomic E-state index is 0.632. The van der Waals surface area contributed by atoms with Gasteiger partial charge in [-0.2, -0.15) is 0 Å². The van der Waals surface area contributed by atoms with Gasteiger partial charge in [0.25, 0.3) is 0 Å². The lowest BCUT2D eigenvalue weighted by Crippen LogP contribution is -2.18. The van der Waals surface area contributed by atoms with Gasteiger partial charge in [0.2, 0.25) is 0 Å². The molecular weight excluding hydrogens is 246 g/mol. The summed E-state index contributed by atoms with van der Waals surface area (Å²) in [6.07, 6.45) is 3.41. The van der Waals surface area contributed by atoms with Crippen LogP contribution in [0.5, 0.6) is 5.75 Å². The van der Waals surface area contributed by atoms with Crippen LogP contribution in [-0.2, 0) is 12.8 Å². The van der Waals surface area contributed by atoms with Gasteiger partial charge in [-0.25, -0.2) is 0 Å². The van der Waals surface area contributed by atoms with Gasteiger partial charge in [0, 0.05) is 18.7 Å². The van der Waals surface area contributed by atoms with Crippen molar-refractivity contribution in [2.45, 2.75) is 25.2 Å². The minimum Gasteiger partial charge on any atom is -0.493 e. The van der Waals surface area contributed by atoms with Gasteiger partial charge in [-0.05, 0) is 47.6 Å². The van der Waals surface area contributed by atoms with Crippen molar-refractivity contribution in [3.05, 3.63) is 59.2 Å². The molecule has 2 heteroatoms. The molecule has 2 nitrogen and oxygen atoms in total. The summed E-state index contributed by atoms with van der Waals surface area (Å²) in [6.45, 7) is 1.92. The molecule has 1 N–H and O–H groups in total. The fourth-order valence-electron chi connectivity index (χ4n) is 3.41. The van der Waals surface area contributed by atoms with Crippen molar-refractivity contribution in [1.82, 2.24) is 0 Å². The molecule has 20 heavy (non-hydrogen) atoms. The third kappa shape index (κ3) is 2.05. The zero-order valence-electron chi connectivity index (χ0n) is 11.6. The maximum absolute atomic E-state index is 5.59. The number of hydrogen-bond donors (Lipinski definition) is 1. The van der Waals surface area contributed by atoms with Crippen LogP contribution in [0.1, 0.15) is 29.0 Å². The Bertz CT molecular complexity index is 635. The first kappa shape index (κ1) is 11.8. The second-order valence-electron chi connectivity index (χ2n) is 5.74. The quantitative estimate of drug-likeness (QED) is 0.892. The molecule has 2 aromatic carbocycles. The highest BCUT2D eigenvalue weighted by molar-refractivity contribution is 5.55. The van der Waals surface area contributed by atoms with Crippen LogP contribution in [0.15, 0.2) is 42.5 Å². The average molecular weight is 265 g/mol. The van der Waals surface area contributed by atoms with Gasteiger partial charge in [-0.15, -0.1) is 0 Å². The van der Waals surface area contributed by atoms with Crippen LogP contribution in [0.3, 0.4) is 0 Å². The third-order valence-corrected chi connectivity index (χ3v) is 4.44. The summed E-state index contributed by atoms with van der Waals surface area (Å²) in [5, 5.41) is 3.50. The molecule has 1 unspecified atom stereocenters. The van der Waals surface area contributed by atoms with Crippen molar-refractivity contribution in [1.29, 1.82) is 0 Å². The highest BCUT2D eigenvalue weighted by atomic mass is 16.5. The first-order valence-electron chi connectivity index (χ1n) is 7.47. The van der Waals surface area contributed by atoms with Crippen molar-refractivity contribution < 1.29 is 4.74 Å². The van der Waals surface area contributed by atoms with Crippen LogP contribution < -0.4 is 10.1 Å². The molecule has 0 bridgehead atoms. The van der Waals surface area contributed by atoms with E-state index >= 15 is 0 Å². The molecular formula is C18H19NO. The lowest BCUT2D eigenvalue weighted by atomic mass is 9.85. The minimum absolute atomic E-state index is 0.632. The number of nitrogens with one attached hydrogen (secondary N) is 1. The van der Waals surface area contributed by atoms with Crippen LogP contribution in [0, 0.1) is 0 Å². The van der Waals surface area contributed by atoms with Crippen molar-refractivity contribution >= 4 is 5.69 Å². The molecule has 0 radical (unpaired) electrons. The molecule has 1 atom stereocenters. The van der Waals surface area contributed by atoms with Crippen molar-refractivity contribution in [2.24, 2.45) is 0 Å². The normalized spacial score (nSPS) is 19.7. The van der Waals surface area contributed by atoms with E-state index in [2.05, 4.69) is 47.8 Å². The second kappa shape index (κ2) is 4.86. The predicted octanol–water partition coefficient (Wildman–Crippen LogP) is 3.76. The number of para-hydroxylation sites is 1. The average Bonchev–Trinajstić information content (AvgIpc) is 2.95. The Balaban J connectivity index is 1.61. The summed E-state index contributed by atoms with van der Waals surface area (Å²) in [5.74, 6) is 1.72. The summed E-state index contributed by atoms with van der Waals surface area (Å²) in [5.41, 5.74) is 5.60. The van der Waals surface area contributed by atoms with E-state index in [4.69, 9.17) is 4.74 Å². The first-order valence-corrected chi connectivity index (χ1v) is 7.47. The SMILES string of the molecule is c1ccc2c(c1)NCCC2Cc1ccc2c(c1)CCO2. The van der Waals surface area contributed by atoms with Crippen LogP contribution >= 0.6 is 0 Å². The summed E-state index contributed by atoms with van der Waals surface area (Å²) in [7, 11) is 0. The zero-order valence-corrected chi connectivity index (χ0v) is 11.6. The molecule has 0 aliphatic carbocycles. The van der Waals surface area contributed by atoms with Gasteiger partial charge in [0.05, 0.1) is 6.61 Å². The molecule has 2 heterocycles. The van der Waals surface area contributed by atoms with Crippen molar-refractivity contribution in [3.8, 4) is 5.75 Å². The fraction of sp³-hybridized carbons (Fsp3) is 0.333. The second-order valence-corrected chi connectivity index (χ2v) is 5.74. The van der Waals surface area contributed by atoms with Crippen LogP contribution in [-0.4, -0.2) is 13.2 Å². The number of benzene rings is 2. The highest BCUT2D eigenvalue weighted by Gasteiger charge is 2.20. The van der Waals surface area contributed by atoms with Gasteiger partial charge in [0.1, 0.15) is 5.75 Å². The predicted molar refractivity (Wildman–Crippen MR) is 81.6 cm³/mol. The van der Waals surface area contributed by atoms with E-state index in [0.717, 1.165) is 31.7 Å². The number of rotatable bonds is 2. The van der Waals surface area contributed by atoms with E-state index in [9.17, 15) is 0 Å². The molecule has 0 aromatic heterocycles. The van der Waals surface area contributed by atoms with Gasteiger partial charge in [0.15, 0.2) is 0 Å². The van der Waals surface area contributed by atoms with E-state index in [-0.39, 0.29) is 0 Å². The van der Waals surface area contributed by atoms with Crippen molar-refractivity contribution in [2.75, 3.05) is 18.5 Å². The number of ether oxygens (including phenoxy) is 1. The lowest BCUT2D eigenvalue weighted by Gasteiger charge is -2.26. The van der Waals surface area contributed by atoms with Gasteiger partial charge < -0.3 is 10.1 Å². The Hall–Kier alpha value is -1.96. The molecule has 102 valence electrons. The Kier molecular flexibility index (Phi) is 2.87. The van der Waals surface area contributed by atoms with Gasteiger partial charge in [-0.3, -0.25) is 0 Å². The molecule has 0 saturated heterocycles. The van der Waals surface area contributed by atoms with E-state index in [1.807, 2.05) is 0 Å². The first-order chi connectivity index (χ1) is 9.90. The summed E-state index contributed by atoms with van der Waals surface area (Å²) >= 11 is 0. The zero-order chi connectivity index (χ0) is 13.4. The van der Waals surface area contributed by atoms with Crippen LogP contribution in [0.2, 0.25) is 0 Å². The maximum Gasteiger partial charge on any atom is 0.122 e.